The smallest absolute Gasteiger partial charge is 0.326 e. The molecule has 1 saturated heterocycles. The number of hydrogen-bond donors (Lipinski definition) is 2. The second-order valence-electron chi connectivity index (χ2n) is 5.47. The Balaban J connectivity index is 1.91. The predicted molar refractivity (Wildman–Crippen MR) is 74.9 cm³/mol. The van der Waals surface area contributed by atoms with Crippen LogP contribution in [-0.4, -0.2) is 19.0 Å². The predicted octanol–water partition coefficient (Wildman–Crippen LogP) is 3.56. The highest BCUT2D eigenvalue weighted by atomic mass is 19.4. The second-order valence-corrected chi connectivity index (χ2v) is 5.47. The van der Waals surface area contributed by atoms with E-state index >= 15 is 0 Å². The molecule has 1 amide bonds. The minimum atomic E-state index is -4.78. The molecule has 1 aliphatic rings. The normalized spacial score (nSPS) is 16.5. The van der Waals surface area contributed by atoms with Crippen LogP contribution in [0.25, 0.3) is 0 Å². The molecule has 0 bridgehead atoms. The van der Waals surface area contributed by atoms with Crippen molar-refractivity contribution in [1.29, 1.82) is 0 Å². The summed E-state index contributed by atoms with van der Waals surface area (Å²) in [6, 6.07) is 2.47. The first-order valence-electron chi connectivity index (χ1n) is 7.23. The van der Waals surface area contributed by atoms with Crippen molar-refractivity contribution in [2.24, 2.45) is 5.92 Å². The highest BCUT2D eigenvalue weighted by molar-refractivity contribution is 5.90. The van der Waals surface area contributed by atoms with E-state index in [0.717, 1.165) is 32.0 Å². The van der Waals surface area contributed by atoms with Gasteiger partial charge in [-0.15, -0.1) is 0 Å². The van der Waals surface area contributed by atoms with Gasteiger partial charge in [0.25, 0.3) is 0 Å². The minimum Gasteiger partial charge on any atom is -0.326 e. The van der Waals surface area contributed by atoms with Crippen LogP contribution in [0.4, 0.5) is 23.2 Å². The third kappa shape index (κ3) is 4.69. The number of nitrogens with one attached hydrogen (secondary N) is 2. The number of halogens is 4. The lowest BCUT2D eigenvalue weighted by molar-refractivity contribution is -0.140. The summed E-state index contributed by atoms with van der Waals surface area (Å²) in [6.45, 7) is 1.86. The third-order valence-corrected chi connectivity index (χ3v) is 3.79. The fourth-order valence-electron chi connectivity index (χ4n) is 2.55. The Morgan fingerprint density at radius 3 is 2.59 bits per heavy atom. The summed E-state index contributed by atoms with van der Waals surface area (Å²) < 4.78 is 51.0. The number of alkyl halides is 3. The lowest BCUT2D eigenvalue weighted by Crippen LogP contribution is -2.28. The van der Waals surface area contributed by atoms with Crippen LogP contribution in [0, 0.1) is 11.7 Å². The van der Waals surface area contributed by atoms with Crippen LogP contribution in [0.15, 0.2) is 18.2 Å². The van der Waals surface area contributed by atoms with Gasteiger partial charge in [0.05, 0.1) is 5.56 Å². The van der Waals surface area contributed by atoms with Crippen molar-refractivity contribution in [3.63, 3.8) is 0 Å². The van der Waals surface area contributed by atoms with E-state index < -0.39 is 17.6 Å². The number of rotatable bonds is 4. The zero-order chi connectivity index (χ0) is 16.2. The first-order chi connectivity index (χ1) is 10.4. The molecule has 1 fully saturated rings. The van der Waals surface area contributed by atoms with E-state index in [9.17, 15) is 22.4 Å². The lowest BCUT2D eigenvalue weighted by atomic mass is 9.93. The van der Waals surface area contributed by atoms with Crippen molar-refractivity contribution < 1.29 is 22.4 Å². The number of carbonyl (C=O) groups excluding carboxylic acids is 1. The van der Waals surface area contributed by atoms with Crippen molar-refractivity contribution in [2.45, 2.75) is 31.9 Å². The van der Waals surface area contributed by atoms with E-state index in [1.165, 1.54) is 0 Å². The van der Waals surface area contributed by atoms with Gasteiger partial charge in [-0.2, -0.15) is 13.2 Å². The van der Waals surface area contributed by atoms with Crippen LogP contribution in [0.2, 0.25) is 0 Å². The van der Waals surface area contributed by atoms with Gasteiger partial charge in [0.1, 0.15) is 5.82 Å². The highest BCUT2D eigenvalue weighted by Crippen LogP contribution is 2.33. The molecule has 0 atom stereocenters. The minimum absolute atomic E-state index is 0.0379. The van der Waals surface area contributed by atoms with Crippen LogP contribution < -0.4 is 10.6 Å². The van der Waals surface area contributed by atoms with E-state index in [0.29, 0.717) is 24.5 Å². The first-order valence-corrected chi connectivity index (χ1v) is 7.23. The maximum absolute atomic E-state index is 13.2. The van der Waals surface area contributed by atoms with Crippen LogP contribution in [0.3, 0.4) is 0 Å². The Morgan fingerprint density at radius 2 is 1.95 bits per heavy atom. The van der Waals surface area contributed by atoms with Crippen molar-refractivity contribution in [3.8, 4) is 0 Å². The van der Waals surface area contributed by atoms with Crippen molar-refractivity contribution >= 4 is 11.6 Å². The van der Waals surface area contributed by atoms with Gasteiger partial charge in [0.2, 0.25) is 5.91 Å². The summed E-state index contributed by atoms with van der Waals surface area (Å²) in [5.74, 6) is -1.23. The number of benzene rings is 1. The van der Waals surface area contributed by atoms with Gasteiger partial charge >= 0.3 is 6.18 Å². The molecule has 122 valence electrons. The fraction of sp³-hybridized carbons (Fsp3) is 0.533. The zero-order valence-corrected chi connectivity index (χ0v) is 12.0. The topological polar surface area (TPSA) is 41.1 Å². The maximum Gasteiger partial charge on any atom is 0.419 e. The first kappa shape index (κ1) is 16.7. The summed E-state index contributed by atoms with van der Waals surface area (Å²) in [5.41, 5.74) is -1.41. The largest absolute Gasteiger partial charge is 0.419 e. The average molecular weight is 318 g/mol. The lowest BCUT2D eigenvalue weighted by Gasteiger charge is -2.22. The van der Waals surface area contributed by atoms with Crippen molar-refractivity contribution in [3.05, 3.63) is 29.6 Å². The number of hydrogen-bond acceptors (Lipinski definition) is 2. The van der Waals surface area contributed by atoms with Crippen LogP contribution >= 0.6 is 0 Å². The molecule has 0 spiro atoms. The molecule has 0 aromatic heterocycles. The van der Waals surface area contributed by atoms with Crippen molar-refractivity contribution in [2.75, 3.05) is 18.4 Å². The third-order valence-electron chi connectivity index (χ3n) is 3.79. The molecule has 1 aliphatic heterocycles. The van der Waals surface area contributed by atoms with Gasteiger partial charge in [-0.25, -0.2) is 4.39 Å². The quantitative estimate of drug-likeness (QED) is 0.834. The molecular formula is C15H18F4N2O. The Labute approximate surface area is 126 Å². The molecule has 0 aliphatic carbocycles. The summed E-state index contributed by atoms with van der Waals surface area (Å²) in [5, 5.41) is 5.63. The van der Waals surface area contributed by atoms with Gasteiger partial charge in [-0.3, -0.25) is 4.79 Å². The summed E-state index contributed by atoms with van der Waals surface area (Å²) >= 11 is 0. The van der Waals surface area contributed by atoms with Crippen LogP contribution in [0.5, 0.6) is 0 Å². The van der Waals surface area contributed by atoms with E-state index in [2.05, 4.69) is 10.6 Å². The summed E-state index contributed by atoms with van der Waals surface area (Å²) in [7, 11) is 0. The highest BCUT2D eigenvalue weighted by Gasteiger charge is 2.34. The monoisotopic (exact) mass is 318 g/mol. The molecule has 0 unspecified atom stereocenters. The Bertz CT molecular complexity index is 525. The number of amides is 1. The average Bonchev–Trinajstić information content (AvgIpc) is 2.47. The number of piperidine rings is 1. The van der Waals surface area contributed by atoms with Crippen molar-refractivity contribution in [1.82, 2.24) is 5.32 Å². The Morgan fingerprint density at radius 1 is 1.27 bits per heavy atom. The molecule has 0 radical (unpaired) electrons. The molecular weight excluding hydrogens is 300 g/mol. The molecule has 22 heavy (non-hydrogen) atoms. The summed E-state index contributed by atoms with van der Waals surface area (Å²) in [6.07, 6.45) is -1.81. The van der Waals surface area contributed by atoms with E-state index in [-0.39, 0.29) is 18.0 Å². The fourth-order valence-corrected chi connectivity index (χ4v) is 2.55. The van der Waals surface area contributed by atoms with E-state index in [1.807, 2.05) is 0 Å². The molecule has 1 aromatic rings. The Kier molecular flexibility index (Phi) is 5.39. The van der Waals surface area contributed by atoms with Gasteiger partial charge < -0.3 is 10.6 Å². The SMILES string of the molecule is O=C(CCC1CCNCC1)Nc1ccc(F)c(C(F)(F)F)c1. The van der Waals surface area contributed by atoms with Gasteiger partial charge in [-0.1, -0.05) is 0 Å². The molecule has 1 heterocycles. The van der Waals surface area contributed by atoms with E-state index in [1.54, 1.807) is 0 Å². The summed E-state index contributed by atoms with van der Waals surface area (Å²) in [4.78, 5) is 11.8. The van der Waals surface area contributed by atoms with Crippen LogP contribution in [-0.2, 0) is 11.0 Å². The zero-order valence-electron chi connectivity index (χ0n) is 12.0. The van der Waals surface area contributed by atoms with Gasteiger partial charge in [0, 0.05) is 12.1 Å². The molecule has 0 saturated carbocycles. The molecule has 3 nitrogen and oxygen atoms in total. The second kappa shape index (κ2) is 7.09. The molecule has 2 rings (SSSR count). The van der Waals surface area contributed by atoms with Gasteiger partial charge in [-0.05, 0) is 56.5 Å². The van der Waals surface area contributed by atoms with E-state index in [4.69, 9.17) is 0 Å². The van der Waals surface area contributed by atoms with Crippen LogP contribution in [0.1, 0.15) is 31.2 Å². The van der Waals surface area contributed by atoms with Gasteiger partial charge in [0.15, 0.2) is 0 Å². The molecule has 2 N–H and O–H groups in total. The maximum atomic E-state index is 13.2. The Hall–Kier alpha value is -1.63. The molecule has 7 heteroatoms. The number of anilines is 1. The molecule has 1 aromatic carbocycles. The number of carbonyl (C=O) groups is 1. The standard InChI is InChI=1S/C15H18F4N2O/c16-13-3-2-11(9-12(13)15(17,18)19)21-14(22)4-1-10-5-7-20-8-6-10/h2-3,9-10,20H,1,4-8H2,(H,21,22).